The van der Waals surface area contributed by atoms with E-state index in [4.69, 9.17) is 4.74 Å². The van der Waals surface area contributed by atoms with E-state index in [0.717, 1.165) is 0 Å². The van der Waals surface area contributed by atoms with Crippen LogP contribution in [-0.2, 0) is 11.2 Å². The molecule has 0 unspecified atom stereocenters. The number of ketones is 1. The number of Topliss-reactive ketones (excluding diaryl/α,β-unsaturated/α-hetero) is 1. The number of halogens is 1. The summed E-state index contributed by atoms with van der Waals surface area (Å²) in [7, 11) is 0. The maximum Gasteiger partial charge on any atom is 0.273 e. The largest absolute Gasteiger partial charge is 0.493 e. The minimum absolute atomic E-state index is 0.000180. The van der Waals surface area contributed by atoms with E-state index in [0.29, 0.717) is 17.9 Å². The summed E-state index contributed by atoms with van der Waals surface area (Å²) in [4.78, 5) is 21.5. The van der Waals surface area contributed by atoms with Gasteiger partial charge in [0.25, 0.3) is 5.69 Å². The number of rotatable bonds is 6. The maximum atomic E-state index is 11.3. The van der Waals surface area contributed by atoms with Gasteiger partial charge in [0.15, 0.2) is 0 Å². The van der Waals surface area contributed by atoms with E-state index in [1.807, 2.05) is 0 Å². The molecule has 1 aromatic carbocycles. The van der Waals surface area contributed by atoms with Crippen LogP contribution >= 0.6 is 15.9 Å². The smallest absolute Gasteiger partial charge is 0.273 e. The van der Waals surface area contributed by atoms with Crippen molar-refractivity contribution in [2.45, 2.75) is 13.3 Å². The number of nitro benzene ring substituents is 1. The van der Waals surface area contributed by atoms with Crippen molar-refractivity contribution in [3.63, 3.8) is 0 Å². The van der Waals surface area contributed by atoms with Gasteiger partial charge < -0.3 is 4.74 Å². The fourth-order valence-corrected chi connectivity index (χ4v) is 1.55. The van der Waals surface area contributed by atoms with E-state index in [9.17, 15) is 14.9 Å². The molecule has 17 heavy (non-hydrogen) atoms. The van der Waals surface area contributed by atoms with Crippen LogP contribution in [-0.4, -0.2) is 22.6 Å². The van der Waals surface area contributed by atoms with Crippen molar-refractivity contribution in [2.75, 3.05) is 11.9 Å². The Labute approximate surface area is 107 Å². The molecule has 0 aliphatic rings. The number of nitro groups is 1. The summed E-state index contributed by atoms with van der Waals surface area (Å²) in [6, 6.07) is 4.28. The van der Waals surface area contributed by atoms with Gasteiger partial charge in [-0.1, -0.05) is 15.9 Å². The lowest BCUT2D eigenvalue weighted by Gasteiger charge is -2.08. The fraction of sp³-hybridized carbons (Fsp3) is 0.364. The zero-order chi connectivity index (χ0) is 12.8. The number of alkyl halides is 1. The van der Waals surface area contributed by atoms with Gasteiger partial charge >= 0.3 is 0 Å². The van der Waals surface area contributed by atoms with Crippen LogP contribution in [0.1, 0.15) is 12.5 Å². The van der Waals surface area contributed by atoms with E-state index in [1.54, 1.807) is 13.0 Å². The van der Waals surface area contributed by atoms with Gasteiger partial charge in [-0.3, -0.25) is 14.9 Å². The van der Waals surface area contributed by atoms with Crippen molar-refractivity contribution >= 4 is 27.4 Å². The summed E-state index contributed by atoms with van der Waals surface area (Å²) in [6.45, 7) is 2.19. The maximum absolute atomic E-state index is 11.3. The molecule has 0 aliphatic carbocycles. The zero-order valence-corrected chi connectivity index (χ0v) is 10.9. The third-order valence-electron chi connectivity index (χ3n) is 2.10. The zero-order valence-electron chi connectivity index (χ0n) is 9.31. The van der Waals surface area contributed by atoms with Crippen LogP contribution in [0, 0.1) is 10.1 Å². The first kappa shape index (κ1) is 13.6. The third kappa shape index (κ3) is 3.81. The van der Waals surface area contributed by atoms with Gasteiger partial charge in [0, 0.05) is 18.1 Å². The molecule has 0 radical (unpaired) electrons. The first-order chi connectivity index (χ1) is 8.08. The van der Waals surface area contributed by atoms with Crippen molar-refractivity contribution in [2.24, 2.45) is 0 Å². The lowest BCUT2D eigenvalue weighted by molar-refractivity contribution is -0.384. The Morgan fingerprint density at radius 2 is 2.24 bits per heavy atom. The van der Waals surface area contributed by atoms with Crippen LogP contribution in [0.3, 0.4) is 0 Å². The number of carbonyl (C=O) groups is 1. The Kier molecular flexibility index (Phi) is 5.09. The van der Waals surface area contributed by atoms with Crippen LogP contribution in [0.15, 0.2) is 18.2 Å². The second kappa shape index (κ2) is 6.34. The Hall–Kier alpha value is -1.43. The van der Waals surface area contributed by atoms with Crippen LogP contribution in [0.2, 0.25) is 0 Å². The van der Waals surface area contributed by atoms with Crippen LogP contribution < -0.4 is 4.74 Å². The Balaban J connectivity index is 3.03. The molecule has 0 atom stereocenters. The average molecular weight is 302 g/mol. The molecule has 0 spiro atoms. The predicted molar refractivity (Wildman–Crippen MR) is 66.8 cm³/mol. The summed E-state index contributed by atoms with van der Waals surface area (Å²) in [5, 5.41) is 10.9. The molecule has 0 saturated carbocycles. The summed E-state index contributed by atoms with van der Waals surface area (Å²) >= 11 is 3.07. The minimum atomic E-state index is -0.487. The molecule has 0 aromatic heterocycles. The molecule has 1 rings (SSSR count). The van der Waals surface area contributed by atoms with E-state index in [2.05, 4.69) is 15.9 Å². The van der Waals surface area contributed by atoms with Crippen molar-refractivity contribution < 1.29 is 14.5 Å². The minimum Gasteiger partial charge on any atom is -0.493 e. The molecule has 0 bridgehead atoms. The molecule has 0 aliphatic heterocycles. The lowest BCUT2D eigenvalue weighted by atomic mass is 10.1. The highest BCUT2D eigenvalue weighted by Crippen LogP contribution is 2.25. The molecule has 0 fully saturated rings. The van der Waals surface area contributed by atoms with Crippen LogP contribution in [0.4, 0.5) is 5.69 Å². The van der Waals surface area contributed by atoms with Gasteiger partial charge in [0.05, 0.1) is 22.9 Å². The molecule has 6 heteroatoms. The monoisotopic (exact) mass is 301 g/mol. The first-order valence-electron chi connectivity index (χ1n) is 5.06. The number of non-ortho nitro benzene ring substituents is 1. The Morgan fingerprint density at radius 1 is 1.53 bits per heavy atom. The van der Waals surface area contributed by atoms with Gasteiger partial charge in [-0.15, -0.1) is 0 Å². The van der Waals surface area contributed by atoms with E-state index in [1.165, 1.54) is 12.1 Å². The Bertz CT molecular complexity index is 433. The molecule has 92 valence electrons. The average Bonchev–Trinajstić information content (AvgIpc) is 2.31. The van der Waals surface area contributed by atoms with Crippen LogP contribution in [0.5, 0.6) is 5.75 Å². The summed E-state index contributed by atoms with van der Waals surface area (Å²) in [6.07, 6.45) is 0.207. The number of hydrogen-bond acceptors (Lipinski definition) is 4. The van der Waals surface area contributed by atoms with E-state index < -0.39 is 4.92 Å². The van der Waals surface area contributed by atoms with Crippen molar-refractivity contribution in [3.05, 3.63) is 33.9 Å². The SMILES string of the molecule is CCOc1cc([N+](=O)[O-])ccc1CC(=O)CBr. The molecule has 1 aromatic rings. The predicted octanol–water partition coefficient (Wildman–Crippen LogP) is 2.50. The van der Waals surface area contributed by atoms with Gasteiger partial charge in [-0.05, 0) is 13.0 Å². The number of nitrogens with zero attached hydrogens (tertiary/aromatic N) is 1. The van der Waals surface area contributed by atoms with Crippen molar-refractivity contribution in [3.8, 4) is 5.75 Å². The van der Waals surface area contributed by atoms with Gasteiger partial charge in [-0.2, -0.15) is 0 Å². The summed E-state index contributed by atoms with van der Waals surface area (Å²) in [5.41, 5.74) is 0.630. The number of benzene rings is 1. The molecule has 5 nitrogen and oxygen atoms in total. The Morgan fingerprint density at radius 3 is 2.76 bits per heavy atom. The molecule has 0 heterocycles. The number of carbonyl (C=O) groups excluding carboxylic acids is 1. The number of ether oxygens (including phenoxy) is 1. The lowest BCUT2D eigenvalue weighted by Crippen LogP contribution is -2.06. The summed E-state index contributed by atoms with van der Waals surface area (Å²) in [5.74, 6) is 0.399. The molecule has 0 amide bonds. The highest BCUT2D eigenvalue weighted by molar-refractivity contribution is 9.09. The standard InChI is InChI=1S/C11H12BrNO4/c1-2-17-11-6-9(13(15)16)4-3-8(11)5-10(14)7-12/h3-4,6H,2,5,7H2,1H3. The quantitative estimate of drug-likeness (QED) is 0.460. The second-order valence-electron chi connectivity index (χ2n) is 3.33. The van der Waals surface area contributed by atoms with Gasteiger partial charge in [0.2, 0.25) is 0 Å². The highest BCUT2D eigenvalue weighted by atomic mass is 79.9. The molecule has 0 N–H and O–H groups in total. The van der Waals surface area contributed by atoms with Crippen molar-refractivity contribution in [1.82, 2.24) is 0 Å². The normalized spacial score (nSPS) is 10.0. The molecular formula is C11H12BrNO4. The summed E-state index contributed by atoms with van der Waals surface area (Å²) < 4.78 is 5.30. The molecular weight excluding hydrogens is 290 g/mol. The highest BCUT2D eigenvalue weighted by Gasteiger charge is 2.13. The molecule has 0 saturated heterocycles. The van der Waals surface area contributed by atoms with Crippen LogP contribution in [0.25, 0.3) is 0 Å². The topological polar surface area (TPSA) is 69.4 Å². The number of hydrogen-bond donors (Lipinski definition) is 0. The van der Waals surface area contributed by atoms with E-state index in [-0.39, 0.29) is 23.2 Å². The third-order valence-corrected chi connectivity index (χ3v) is 2.72. The van der Waals surface area contributed by atoms with Gasteiger partial charge in [-0.25, -0.2) is 0 Å². The fourth-order valence-electron chi connectivity index (χ4n) is 1.35. The van der Waals surface area contributed by atoms with Crippen molar-refractivity contribution in [1.29, 1.82) is 0 Å². The van der Waals surface area contributed by atoms with Gasteiger partial charge in [0.1, 0.15) is 11.5 Å². The first-order valence-corrected chi connectivity index (χ1v) is 6.18. The van der Waals surface area contributed by atoms with E-state index >= 15 is 0 Å². The second-order valence-corrected chi connectivity index (χ2v) is 3.89.